The Labute approximate surface area is 149 Å². The molecule has 0 aliphatic rings. The van der Waals surface area contributed by atoms with Gasteiger partial charge in [-0.3, -0.25) is 0 Å². The lowest BCUT2D eigenvalue weighted by atomic mass is 9.65. The quantitative estimate of drug-likeness (QED) is 0.283. The largest absolute Gasteiger partial charge is 0.0654 e. The van der Waals surface area contributed by atoms with Crippen LogP contribution in [-0.2, 0) is 0 Å². The van der Waals surface area contributed by atoms with Crippen LogP contribution in [0.4, 0.5) is 0 Å². The molecule has 0 aromatic carbocycles. The fraction of sp³-hybridized carbons (Fsp3) is 1.00. The van der Waals surface area contributed by atoms with Gasteiger partial charge >= 0.3 is 0 Å². The molecule has 0 bridgehead atoms. The van der Waals surface area contributed by atoms with Crippen molar-refractivity contribution >= 4 is 0 Å². The third kappa shape index (κ3) is 8.59. The Kier molecular flexibility index (Phi) is 13.3. The molecule has 0 radical (unpaired) electrons. The van der Waals surface area contributed by atoms with Crippen LogP contribution in [0.5, 0.6) is 0 Å². The molecule has 2 atom stereocenters. The summed E-state index contributed by atoms with van der Waals surface area (Å²) in [6, 6.07) is 0. The first kappa shape index (κ1) is 23.0. The molecule has 140 valence electrons. The zero-order chi connectivity index (χ0) is 17.7. The second-order valence-corrected chi connectivity index (χ2v) is 8.36. The zero-order valence-electron chi connectivity index (χ0n) is 17.7. The lowest BCUT2D eigenvalue weighted by Crippen LogP contribution is -2.30. The second-order valence-electron chi connectivity index (χ2n) is 8.36. The summed E-state index contributed by atoms with van der Waals surface area (Å²) in [6.07, 6.45) is 16.9. The van der Waals surface area contributed by atoms with Gasteiger partial charge in [0.25, 0.3) is 0 Å². The van der Waals surface area contributed by atoms with Gasteiger partial charge < -0.3 is 0 Å². The first-order valence-corrected chi connectivity index (χ1v) is 11.0. The molecule has 0 spiro atoms. The van der Waals surface area contributed by atoms with Crippen LogP contribution < -0.4 is 0 Å². The van der Waals surface area contributed by atoms with E-state index in [1.807, 2.05) is 0 Å². The molecule has 0 aromatic heterocycles. The number of rotatable bonds is 15. The summed E-state index contributed by atoms with van der Waals surface area (Å²) in [5.74, 6) is 2.85. The molecule has 0 saturated carbocycles. The van der Waals surface area contributed by atoms with Crippen molar-refractivity contribution in [1.82, 2.24) is 0 Å². The van der Waals surface area contributed by atoms with E-state index < -0.39 is 0 Å². The van der Waals surface area contributed by atoms with Gasteiger partial charge in [0.15, 0.2) is 0 Å². The molecule has 0 rings (SSSR count). The molecule has 0 aliphatic carbocycles. The van der Waals surface area contributed by atoms with Gasteiger partial charge in [-0.25, -0.2) is 0 Å². The Morgan fingerprint density at radius 3 is 1.30 bits per heavy atom. The predicted octanol–water partition coefficient (Wildman–Crippen LogP) is 8.64. The summed E-state index contributed by atoms with van der Waals surface area (Å²) in [5.41, 5.74) is 0.555. The van der Waals surface area contributed by atoms with E-state index in [1.54, 1.807) is 0 Å². The van der Waals surface area contributed by atoms with Crippen molar-refractivity contribution in [3.05, 3.63) is 0 Å². The van der Waals surface area contributed by atoms with Crippen LogP contribution in [0.25, 0.3) is 0 Å². The molecule has 0 aromatic rings. The number of hydrogen-bond donors (Lipinski definition) is 0. The van der Waals surface area contributed by atoms with Crippen LogP contribution in [0.3, 0.4) is 0 Å². The summed E-state index contributed by atoms with van der Waals surface area (Å²) in [4.78, 5) is 0. The van der Waals surface area contributed by atoms with Crippen LogP contribution in [0.15, 0.2) is 0 Å². The second kappa shape index (κ2) is 13.3. The molecule has 0 nitrogen and oxygen atoms in total. The third-order valence-corrected chi connectivity index (χ3v) is 6.92. The van der Waals surface area contributed by atoms with Crippen molar-refractivity contribution in [2.24, 2.45) is 23.2 Å². The summed E-state index contributed by atoms with van der Waals surface area (Å²) < 4.78 is 0. The average molecular weight is 325 g/mol. The zero-order valence-corrected chi connectivity index (χ0v) is 17.7. The highest BCUT2D eigenvalue weighted by molar-refractivity contribution is 4.84. The van der Waals surface area contributed by atoms with Crippen molar-refractivity contribution in [2.75, 3.05) is 0 Å². The van der Waals surface area contributed by atoms with Crippen molar-refractivity contribution in [2.45, 2.75) is 126 Å². The minimum absolute atomic E-state index is 0.555. The van der Waals surface area contributed by atoms with E-state index in [-0.39, 0.29) is 0 Å². The maximum Gasteiger partial charge on any atom is -0.0303 e. The average Bonchev–Trinajstić information content (AvgIpc) is 2.59. The van der Waals surface area contributed by atoms with Gasteiger partial charge in [0, 0.05) is 0 Å². The Bertz CT molecular complexity index is 233. The molecule has 0 N–H and O–H groups in total. The summed E-state index contributed by atoms with van der Waals surface area (Å²) in [5, 5.41) is 0. The molecule has 0 fully saturated rings. The topological polar surface area (TPSA) is 0 Å². The maximum atomic E-state index is 2.58. The molecule has 0 amide bonds. The maximum absolute atomic E-state index is 2.58. The Morgan fingerprint density at radius 1 is 0.652 bits per heavy atom. The molecular formula is C23H48. The Balaban J connectivity index is 4.98. The molecule has 2 unspecified atom stereocenters. The van der Waals surface area contributed by atoms with Crippen LogP contribution >= 0.6 is 0 Å². The van der Waals surface area contributed by atoms with Crippen LogP contribution in [0.2, 0.25) is 0 Å². The highest BCUT2D eigenvalue weighted by atomic mass is 14.4. The van der Waals surface area contributed by atoms with Crippen molar-refractivity contribution in [3.8, 4) is 0 Å². The third-order valence-electron chi connectivity index (χ3n) is 6.92. The summed E-state index contributed by atoms with van der Waals surface area (Å²) >= 11 is 0. The van der Waals surface area contributed by atoms with Gasteiger partial charge in [0.2, 0.25) is 0 Å². The Hall–Kier alpha value is 0. The molecule has 23 heavy (non-hydrogen) atoms. The standard InChI is InChI=1S/C23H48/c1-8-14-16-20(10-3)18-22(23(7,12-5)13-6)19-21(11-4)17-15-9-2/h20-22H,8-19H2,1-7H3. The molecule has 0 saturated heterocycles. The normalized spacial score (nSPS) is 16.3. The minimum atomic E-state index is 0.555. The van der Waals surface area contributed by atoms with Gasteiger partial charge in [-0.2, -0.15) is 0 Å². The van der Waals surface area contributed by atoms with E-state index in [9.17, 15) is 0 Å². The van der Waals surface area contributed by atoms with Gasteiger partial charge in [-0.1, -0.05) is 113 Å². The van der Waals surface area contributed by atoms with Gasteiger partial charge in [0.05, 0.1) is 0 Å². The van der Waals surface area contributed by atoms with Crippen molar-refractivity contribution in [1.29, 1.82) is 0 Å². The molecule has 0 heterocycles. The number of unbranched alkanes of at least 4 members (excludes halogenated alkanes) is 2. The van der Waals surface area contributed by atoms with Gasteiger partial charge in [-0.15, -0.1) is 0 Å². The highest BCUT2D eigenvalue weighted by Gasteiger charge is 2.33. The van der Waals surface area contributed by atoms with E-state index in [0.717, 1.165) is 17.8 Å². The first-order valence-electron chi connectivity index (χ1n) is 11.0. The SMILES string of the molecule is CCCCC(CC)CC(CC(CC)CCCC)C(C)(CC)CC. The van der Waals surface area contributed by atoms with Crippen molar-refractivity contribution in [3.63, 3.8) is 0 Å². The lowest BCUT2D eigenvalue weighted by molar-refractivity contribution is 0.103. The molecule has 0 aliphatic heterocycles. The monoisotopic (exact) mass is 324 g/mol. The summed E-state index contributed by atoms with van der Waals surface area (Å²) in [7, 11) is 0. The highest BCUT2D eigenvalue weighted by Crippen LogP contribution is 2.44. The molecule has 0 heteroatoms. The fourth-order valence-electron chi connectivity index (χ4n) is 4.26. The van der Waals surface area contributed by atoms with Crippen molar-refractivity contribution < 1.29 is 0 Å². The molecular weight excluding hydrogens is 276 g/mol. The lowest BCUT2D eigenvalue weighted by Gasteiger charge is -2.40. The van der Waals surface area contributed by atoms with E-state index in [2.05, 4.69) is 48.5 Å². The fourth-order valence-corrected chi connectivity index (χ4v) is 4.26. The van der Waals surface area contributed by atoms with E-state index in [4.69, 9.17) is 0 Å². The summed E-state index contributed by atoms with van der Waals surface area (Å²) in [6.45, 7) is 16.9. The predicted molar refractivity (Wildman–Crippen MR) is 108 cm³/mol. The first-order chi connectivity index (χ1) is 11.0. The van der Waals surface area contributed by atoms with Crippen LogP contribution in [-0.4, -0.2) is 0 Å². The van der Waals surface area contributed by atoms with E-state index in [0.29, 0.717) is 5.41 Å². The van der Waals surface area contributed by atoms with E-state index >= 15 is 0 Å². The van der Waals surface area contributed by atoms with Gasteiger partial charge in [0.1, 0.15) is 0 Å². The van der Waals surface area contributed by atoms with E-state index in [1.165, 1.54) is 77.0 Å². The van der Waals surface area contributed by atoms with Crippen LogP contribution in [0.1, 0.15) is 126 Å². The minimum Gasteiger partial charge on any atom is -0.0654 e. The smallest absolute Gasteiger partial charge is 0.0303 e. The number of hydrogen-bond acceptors (Lipinski definition) is 0. The Morgan fingerprint density at radius 2 is 1.04 bits per heavy atom. The van der Waals surface area contributed by atoms with Gasteiger partial charge in [-0.05, 0) is 36.0 Å². The van der Waals surface area contributed by atoms with Crippen LogP contribution in [0, 0.1) is 23.2 Å².